The summed E-state index contributed by atoms with van der Waals surface area (Å²) in [7, 11) is -4.33. The number of aliphatic hydroxyl groups excluding tert-OH is 1. The summed E-state index contributed by atoms with van der Waals surface area (Å²) in [4.78, 5) is 22.7. The molecule has 0 aliphatic carbocycles. The molecule has 0 aliphatic rings. The van der Waals surface area contributed by atoms with Crippen molar-refractivity contribution in [3.8, 4) is 0 Å². The van der Waals surface area contributed by atoms with Crippen LogP contribution in [0.25, 0.3) is 0 Å². The number of phosphoric ester groups is 1. The second kappa shape index (κ2) is 39.9. The first-order valence-electron chi connectivity index (χ1n) is 22.3. The van der Waals surface area contributed by atoms with Crippen LogP contribution in [0.15, 0.2) is 12.2 Å². The zero-order valence-electron chi connectivity index (χ0n) is 34.3. The molecule has 0 bridgehead atoms. The lowest BCUT2D eigenvalue weighted by Gasteiger charge is -2.23. The average molecular weight is 759 g/mol. The van der Waals surface area contributed by atoms with Crippen LogP contribution < -0.4 is 11.1 Å². The first-order chi connectivity index (χ1) is 25.4. The topological polar surface area (TPSA) is 131 Å². The van der Waals surface area contributed by atoms with Gasteiger partial charge in [-0.05, 0) is 19.3 Å². The molecule has 8 nitrogen and oxygen atoms in total. The molecule has 3 atom stereocenters. The van der Waals surface area contributed by atoms with Crippen LogP contribution in [0, 0.1) is 0 Å². The number of hydrogen-bond acceptors (Lipinski definition) is 6. The van der Waals surface area contributed by atoms with E-state index in [0.717, 1.165) is 38.5 Å². The van der Waals surface area contributed by atoms with Crippen molar-refractivity contribution >= 4 is 13.7 Å². The first-order valence-corrected chi connectivity index (χ1v) is 23.8. The highest BCUT2D eigenvalue weighted by atomic mass is 31.2. The van der Waals surface area contributed by atoms with E-state index in [-0.39, 0.29) is 25.7 Å². The monoisotopic (exact) mass is 759 g/mol. The summed E-state index contributed by atoms with van der Waals surface area (Å²) in [5, 5.41) is 13.7. The third kappa shape index (κ3) is 37.6. The maximum absolute atomic E-state index is 12.8. The van der Waals surface area contributed by atoms with Gasteiger partial charge in [-0.25, -0.2) is 4.57 Å². The number of rotatable bonds is 42. The van der Waals surface area contributed by atoms with Crippen molar-refractivity contribution in [1.29, 1.82) is 0 Å². The van der Waals surface area contributed by atoms with Crippen molar-refractivity contribution in [2.45, 2.75) is 238 Å². The molecular weight excluding hydrogens is 671 g/mol. The van der Waals surface area contributed by atoms with Crippen molar-refractivity contribution in [2.24, 2.45) is 5.73 Å². The summed E-state index contributed by atoms with van der Waals surface area (Å²) < 4.78 is 22.1. The highest BCUT2D eigenvalue weighted by Crippen LogP contribution is 2.43. The molecule has 0 radical (unpaired) electrons. The summed E-state index contributed by atoms with van der Waals surface area (Å²) >= 11 is 0. The lowest BCUT2D eigenvalue weighted by Crippen LogP contribution is -2.45. The van der Waals surface area contributed by atoms with Crippen LogP contribution in [0.3, 0.4) is 0 Å². The minimum atomic E-state index is -4.33. The normalized spacial score (nSPS) is 14.2. The van der Waals surface area contributed by atoms with Crippen molar-refractivity contribution in [1.82, 2.24) is 5.32 Å². The molecule has 0 aromatic heterocycles. The Labute approximate surface area is 322 Å². The third-order valence-electron chi connectivity index (χ3n) is 10.1. The van der Waals surface area contributed by atoms with Gasteiger partial charge in [-0.1, -0.05) is 212 Å². The zero-order chi connectivity index (χ0) is 38.2. The van der Waals surface area contributed by atoms with Crippen LogP contribution >= 0.6 is 7.82 Å². The number of unbranched alkanes of at least 4 members (excludes halogenated alkanes) is 30. The van der Waals surface area contributed by atoms with Gasteiger partial charge in [0.25, 0.3) is 0 Å². The number of carbonyl (C=O) groups excluding carboxylic acids is 1. The molecule has 52 heavy (non-hydrogen) atoms. The van der Waals surface area contributed by atoms with E-state index in [4.69, 9.17) is 14.8 Å². The Bertz CT molecular complexity index is 829. The zero-order valence-corrected chi connectivity index (χ0v) is 35.2. The molecule has 5 N–H and O–H groups in total. The van der Waals surface area contributed by atoms with Crippen molar-refractivity contribution in [3.63, 3.8) is 0 Å². The molecule has 0 fully saturated rings. The summed E-state index contributed by atoms with van der Waals surface area (Å²) in [5.74, 6) is -0.190. The van der Waals surface area contributed by atoms with E-state index in [1.807, 2.05) is 6.08 Å². The number of phosphoric acid groups is 1. The van der Waals surface area contributed by atoms with Gasteiger partial charge in [-0.15, -0.1) is 0 Å². The minimum Gasteiger partial charge on any atom is -0.387 e. The lowest BCUT2D eigenvalue weighted by molar-refractivity contribution is -0.123. The summed E-state index contributed by atoms with van der Waals surface area (Å²) in [6, 6.07) is -0.854. The average Bonchev–Trinajstić information content (AvgIpc) is 3.13. The van der Waals surface area contributed by atoms with E-state index in [9.17, 15) is 19.4 Å². The van der Waals surface area contributed by atoms with Crippen LogP contribution in [0.1, 0.15) is 226 Å². The van der Waals surface area contributed by atoms with Gasteiger partial charge in [0.2, 0.25) is 5.91 Å². The molecule has 0 aromatic rings. The Balaban J connectivity index is 4.11. The van der Waals surface area contributed by atoms with Crippen LogP contribution in [0.2, 0.25) is 0 Å². The van der Waals surface area contributed by atoms with E-state index < -0.39 is 20.0 Å². The fraction of sp³-hybridized carbons (Fsp3) is 0.930. The SMILES string of the molecule is CCCCCCCCCCCCC/C=C/C(O)C(COP(=O)(O)OCCN)NC(=O)CCCCCCCCCCCCCCCCCCCCCC. The molecule has 310 valence electrons. The van der Waals surface area contributed by atoms with Crippen molar-refractivity contribution < 1.29 is 28.4 Å². The van der Waals surface area contributed by atoms with Crippen LogP contribution in [-0.4, -0.2) is 47.8 Å². The van der Waals surface area contributed by atoms with Gasteiger partial charge < -0.3 is 21.1 Å². The second-order valence-electron chi connectivity index (χ2n) is 15.3. The Kier molecular flexibility index (Phi) is 39.3. The number of allylic oxidation sites excluding steroid dienone is 1. The quantitative estimate of drug-likeness (QED) is 0.0277. The van der Waals surface area contributed by atoms with Gasteiger partial charge in [-0.2, -0.15) is 0 Å². The van der Waals surface area contributed by atoms with E-state index in [1.54, 1.807) is 6.08 Å². The molecule has 1 amide bonds. The van der Waals surface area contributed by atoms with Crippen molar-refractivity contribution in [2.75, 3.05) is 19.8 Å². The predicted octanol–water partition coefficient (Wildman–Crippen LogP) is 12.4. The Hall–Kier alpha value is -0.760. The smallest absolute Gasteiger partial charge is 0.387 e. The van der Waals surface area contributed by atoms with Gasteiger partial charge >= 0.3 is 7.82 Å². The first kappa shape index (κ1) is 51.2. The second-order valence-corrected chi connectivity index (χ2v) is 16.7. The molecule has 0 heterocycles. The molecule has 0 saturated heterocycles. The third-order valence-corrected chi connectivity index (χ3v) is 11.1. The van der Waals surface area contributed by atoms with Gasteiger partial charge in [0.15, 0.2) is 0 Å². The molecule has 0 aromatic carbocycles. The van der Waals surface area contributed by atoms with E-state index >= 15 is 0 Å². The number of nitrogens with one attached hydrogen (secondary N) is 1. The van der Waals surface area contributed by atoms with Gasteiger partial charge in [0.05, 0.1) is 25.4 Å². The highest BCUT2D eigenvalue weighted by Gasteiger charge is 2.26. The van der Waals surface area contributed by atoms with Gasteiger partial charge in [-0.3, -0.25) is 13.8 Å². The molecule has 0 rings (SSSR count). The highest BCUT2D eigenvalue weighted by molar-refractivity contribution is 7.47. The van der Waals surface area contributed by atoms with Crippen LogP contribution in [-0.2, 0) is 18.4 Å². The lowest BCUT2D eigenvalue weighted by atomic mass is 10.0. The van der Waals surface area contributed by atoms with E-state index in [2.05, 4.69) is 19.2 Å². The Morgan fingerprint density at radius 1 is 0.615 bits per heavy atom. The number of aliphatic hydroxyl groups is 1. The summed E-state index contributed by atoms with van der Waals surface area (Å²) in [5.41, 5.74) is 5.37. The van der Waals surface area contributed by atoms with Gasteiger partial charge in [0, 0.05) is 13.0 Å². The molecule has 9 heteroatoms. The number of carbonyl (C=O) groups is 1. The molecule has 0 saturated carbocycles. The fourth-order valence-electron chi connectivity index (χ4n) is 6.72. The largest absolute Gasteiger partial charge is 0.472 e. The molecular formula is C43H87N2O6P. The van der Waals surface area contributed by atoms with E-state index in [1.165, 1.54) is 167 Å². The molecule has 0 spiro atoms. The summed E-state index contributed by atoms with van der Waals surface area (Å²) in [6.07, 6.45) is 44.0. The van der Waals surface area contributed by atoms with Crippen LogP contribution in [0.4, 0.5) is 0 Å². The molecule has 3 unspecified atom stereocenters. The van der Waals surface area contributed by atoms with Gasteiger partial charge in [0.1, 0.15) is 0 Å². The fourth-order valence-corrected chi connectivity index (χ4v) is 7.48. The minimum absolute atomic E-state index is 0.0813. The maximum Gasteiger partial charge on any atom is 0.472 e. The van der Waals surface area contributed by atoms with Crippen molar-refractivity contribution in [3.05, 3.63) is 12.2 Å². The Morgan fingerprint density at radius 2 is 0.981 bits per heavy atom. The predicted molar refractivity (Wildman–Crippen MR) is 222 cm³/mol. The number of nitrogens with two attached hydrogens (primary N) is 1. The van der Waals surface area contributed by atoms with Crippen LogP contribution in [0.5, 0.6) is 0 Å². The standard InChI is InChI=1S/C43H87N2O6P/c1-3-5-7-9-11-13-15-17-18-19-20-21-22-23-25-27-29-31-33-35-37-43(47)45-41(40-51-52(48,49)50-39-38-44)42(46)36-34-32-30-28-26-24-16-14-12-10-8-6-4-2/h34,36,41-42,46H,3-33,35,37-40,44H2,1-2H3,(H,45,47)(H,48,49)/b36-34+. The number of hydrogen-bond donors (Lipinski definition) is 4. The molecule has 0 aliphatic heterocycles. The van der Waals surface area contributed by atoms with E-state index in [0.29, 0.717) is 6.42 Å². The summed E-state index contributed by atoms with van der Waals surface area (Å²) in [6.45, 7) is 4.15. The number of amides is 1. The maximum atomic E-state index is 12.8. The Morgan fingerprint density at radius 3 is 1.37 bits per heavy atom.